The molecular formula is C19H31IN4. The number of nitrogens with one attached hydrogen (secondary N) is 2. The average Bonchev–Trinajstić information content (AvgIpc) is 2.63. The van der Waals surface area contributed by atoms with E-state index in [0.717, 1.165) is 38.6 Å². The first-order valence-corrected chi connectivity index (χ1v) is 9.08. The van der Waals surface area contributed by atoms with E-state index < -0.39 is 0 Å². The third kappa shape index (κ3) is 5.34. The zero-order valence-electron chi connectivity index (χ0n) is 14.8. The lowest BCUT2D eigenvalue weighted by Crippen LogP contribution is -2.49. The van der Waals surface area contributed by atoms with Gasteiger partial charge in [-0.25, -0.2) is 0 Å². The molecule has 0 atom stereocenters. The largest absolute Gasteiger partial charge is 0.356 e. The molecule has 2 aliphatic heterocycles. The van der Waals surface area contributed by atoms with Crippen LogP contribution in [-0.4, -0.2) is 43.6 Å². The van der Waals surface area contributed by atoms with Gasteiger partial charge in [0.1, 0.15) is 0 Å². The van der Waals surface area contributed by atoms with Crippen molar-refractivity contribution in [1.29, 1.82) is 0 Å². The third-order valence-electron chi connectivity index (χ3n) is 5.44. The van der Waals surface area contributed by atoms with E-state index in [2.05, 4.69) is 57.8 Å². The van der Waals surface area contributed by atoms with Gasteiger partial charge in [-0.15, -0.1) is 24.0 Å². The Labute approximate surface area is 163 Å². The predicted molar refractivity (Wildman–Crippen MR) is 112 cm³/mol. The Morgan fingerprint density at radius 2 is 1.96 bits per heavy atom. The summed E-state index contributed by atoms with van der Waals surface area (Å²) in [5, 5.41) is 6.94. The Hall–Kier alpha value is -0.820. The van der Waals surface area contributed by atoms with Gasteiger partial charge < -0.3 is 10.6 Å². The molecule has 1 fully saturated rings. The molecule has 1 aromatic rings. The van der Waals surface area contributed by atoms with Gasteiger partial charge in [0.15, 0.2) is 5.96 Å². The van der Waals surface area contributed by atoms with Crippen LogP contribution in [0.1, 0.15) is 38.2 Å². The van der Waals surface area contributed by atoms with Crippen LogP contribution in [0.3, 0.4) is 0 Å². The number of hydrogen-bond donors (Lipinski definition) is 2. The fraction of sp³-hybridized carbons (Fsp3) is 0.632. The van der Waals surface area contributed by atoms with Crippen molar-refractivity contribution in [2.45, 2.75) is 39.2 Å². The first-order chi connectivity index (χ1) is 11.3. The normalized spacial score (nSPS) is 20.5. The van der Waals surface area contributed by atoms with Crippen LogP contribution in [0.15, 0.2) is 35.3 Å². The Kier molecular flexibility index (Phi) is 7.81. The van der Waals surface area contributed by atoms with E-state index in [1.807, 2.05) is 0 Å². The van der Waals surface area contributed by atoms with Crippen LogP contribution in [0.25, 0.3) is 0 Å². The lowest BCUT2D eigenvalue weighted by molar-refractivity contribution is 0.0970. The van der Waals surface area contributed by atoms with Gasteiger partial charge in [0, 0.05) is 26.2 Å². The Bertz CT molecular complexity index is 509. The number of guanidine groups is 1. The molecule has 0 bridgehead atoms. The molecule has 4 nitrogen and oxygen atoms in total. The summed E-state index contributed by atoms with van der Waals surface area (Å²) in [6.07, 6.45) is 4.94. The zero-order chi connectivity index (χ0) is 16.0. The van der Waals surface area contributed by atoms with Gasteiger partial charge in [-0.3, -0.25) is 9.89 Å². The van der Waals surface area contributed by atoms with Crippen molar-refractivity contribution in [2.75, 3.05) is 32.7 Å². The van der Waals surface area contributed by atoms with Crippen LogP contribution in [0.2, 0.25) is 0 Å². The van der Waals surface area contributed by atoms with Crippen molar-refractivity contribution < 1.29 is 0 Å². The standard InChI is InChI=1S/C19H30N4.HI/c1-2-19(16-22-18-20-11-6-12-21-18)9-13-23(14-10-19)15-17-7-4-3-5-8-17;/h3-5,7-8H,2,6,9-16H2,1H3,(H2,20,21,22);1H. The number of hydrogen-bond acceptors (Lipinski definition) is 4. The van der Waals surface area contributed by atoms with Crippen molar-refractivity contribution in [3.8, 4) is 0 Å². The zero-order valence-corrected chi connectivity index (χ0v) is 17.1. The van der Waals surface area contributed by atoms with Gasteiger partial charge in [0.05, 0.1) is 0 Å². The van der Waals surface area contributed by atoms with Crippen LogP contribution in [-0.2, 0) is 6.54 Å². The lowest BCUT2D eigenvalue weighted by atomic mass is 9.76. The van der Waals surface area contributed by atoms with Gasteiger partial charge in [-0.2, -0.15) is 0 Å². The van der Waals surface area contributed by atoms with Crippen molar-refractivity contribution in [3.05, 3.63) is 35.9 Å². The minimum atomic E-state index is 0. The number of aliphatic imine (C=N–C) groups is 1. The molecule has 0 spiro atoms. The lowest BCUT2D eigenvalue weighted by Gasteiger charge is -2.42. The molecular weight excluding hydrogens is 411 g/mol. The molecule has 0 unspecified atom stereocenters. The summed E-state index contributed by atoms with van der Waals surface area (Å²) < 4.78 is 0. The maximum Gasteiger partial charge on any atom is 0.191 e. The summed E-state index contributed by atoms with van der Waals surface area (Å²) in [6.45, 7) is 8.88. The molecule has 2 heterocycles. The molecule has 1 aromatic carbocycles. The molecule has 0 aromatic heterocycles. The third-order valence-corrected chi connectivity index (χ3v) is 5.44. The molecule has 134 valence electrons. The SMILES string of the molecule is CCC1(CNC2=NCCCN2)CCN(Cc2ccccc2)CC1.I. The van der Waals surface area contributed by atoms with Crippen LogP contribution in [0.5, 0.6) is 0 Å². The quantitative estimate of drug-likeness (QED) is 0.688. The summed E-state index contributed by atoms with van der Waals surface area (Å²) in [6, 6.07) is 10.8. The van der Waals surface area contributed by atoms with Crippen molar-refractivity contribution in [1.82, 2.24) is 15.5 Å². The molecule has 3 rings (SSSR count). The van der Waals surface area contributed by atoms with Gasteiger partial charge in [0.25, 0.3) is 0 Å². The van der Waals surface area contributed by atoms with Crippen LogP contribution in [0, 0.1) is 5.41 Å². The molecule has 0 radical (unpaired) electrons. The number of piperidine rings is 1. The highest BCUT2D eigenvalue weighted by molar-refractivity contribution is 14.0. The van der Waals surface area contributed by atoms with E-state index >= 15 is 0 Å². The summed E-state index contributed by atoms with van der Waals surface area (Å²) in [5.74, 6) is 1.01. The maximum atomic E-state index is 4.53. The molecule has 5 heteroatoms. The van der Waals surface area contributed by atoms with Crippen molar-refractivity contribution >= 4 is 29.9 Å². The van der Waals surface area contributed by atoms with Crippen LogP contribution in [0.4, 0.5) is 0 Å². The molecule has 24 heavy (non-hydrogen) atoms. The molecule has 0 aliphatic carbocycles. The summed E-state index contributed by atoms with van der Waals surface area (Å²) >= 11 is 0. The second-order valence-corrected chi connectivity index (χ2v) is 6.98. The number of benzene rings is 1. The van der Waals surface area contributed by atoms with E-state index in [4.69, 9.17) is 0 Å². The molecule has 2 N–H and O–H groups in total. The number of likely N-dealkylation sites (tertiary alicyclic amines) is 1. The highest BCUT2D eigenvalue weighted by Gasteiger charge is 2.33. The van der Waals surface area contributed by atoms with E-state index in [-0.39, 0.29) is 24.0 Å². The molecule has 2 aliphatic rings. The van der Waals surface area contributed by atoms with Crippen molar-refractivity contribution in [3.63, 3.8) is 0 Å². The summed E-state index contributed by atoms with van der Waals surface area (Å²) in [4.78, 5) is 7.13. The molecule has 0 amide bonds. The fourth-order valence-corrected chi connectivity index (χ4v) is 3.60. The van der Waals surface area contributed by atoms with Crippen LogP contribution < -0.4 is 10.6 Å². The second kappa shape index (κ2) is 9.61. The minimum absolute atomic E-state index is 0. The monoisotopic (exact) mass is 442 g/mol. The Balaban J connectivity index is 0.00000208. The Morgan fingerprint density at radius 1 is 1.21 bits per heavy atom. The number of nitrogens with zero attached hydrogens (tertiary/aromatic N) is 2. The van der Waals surface area contributed by atoms with E-state index in [0.29, 0.717) is 5.41 Å². The van der Waals surface area contributed by atoms with Crippen molar-refractivity contribution in [2.24, 2.45) is 10.4 Å². The summed E-state index contributed by atoms with van der Waals surface area (Å²) in [7, 11) is 0. The topological polar surface area (TPSA) is 39.7 Å². The minimum Gasteiger partial charge on any atom is -0.356 e. The van der Waals surface area contributed by atoms with Gasteiger partial charge in [0.2, 0.25) is 0 Å². The Morgan fingerprint density at radius 3 is 2.58 bits per heavy atom. The van der Waals surface area contributed by atoms with Crippen LogP contribution >= 0.6 is 24.0 Å². The number of rotatable bonds is 5. The number of halogens is 1. The molecule has 1 saturated heterocycles. The fourth-order valence-electron chi connectivity index (χ4n) is 3.60. The summed E-state index contributed by atoms with van der Waals surface area (Å²) in [5.41, 5.74) is 1.85. The predicted octanol–water partition coefficient (Wildman–Crippen LogP) is 3.24. The highest BCUT2D eigenvalue weighted by atomic mass is 127. The maximum absolute atomic E-state index is 4.53. The first-order valence-electron chi connectivity index (χ1n) is 9.08. The highest BCUT2D eigenvalue weighted by Crippen LogP contribution is 2.34. The van der Waals surface area contributed by atoms with E-state index in [1.165, 1.54) is 37.9 Å². The van der Waals surface area contributed by atoms with Gasteiger partial charge >= 0.3 is 0 Å². The molecule has 0 saturated carbocycles. The first kappa shape index (κ1) is 19.5. The average molecular weight is 442 g/mol. The smallest absolute Gasteiger partial charge is 0.191 e. The van der Waals surface area contributed by atoms with E-state index in [1.54, 1.807) is 0 Å². The van der Waals surface area contributed by atoms with Gasteiger partial charge in [-0.05, 0) is 49.8 Å². The second-order valence-electron chi connectivity index (χ2n) is 6.98. The van der Waals surface area contributed by atoms with Gasteiger partial charge in [-0.1, -0.05) is 37.3 Å². The van der Waals surface area contributed by atoms with E-state index in [9.17, 15) is 0 Å².